The number of rotatable bonds is 4. The van der Waals surface area contributed by atoms with Crippen LogP contribution in [0.2, 0.25) is 0 Å². The summed E-state index contributed by atoms with van der Waals surface area (Å²) >= 11 is 3.42. The fourth-order valence-electron chi connectivity index (χ4n) is 3.54. The maximum Gasteiger partial charge on any atom is 0.247 e. The summed E-state index contributed by atoms with van der Waals surface area (Å²) in [6.07, 6.45) is 2.71. The van der Waals surface area contributed by atoms with E-state index in [1.54, 1.807) is 4.90 Å². The molecule has 0 radical (unpaired) electrons. The van der Waals surface area contributed by atoms with Gasteiger partial charge in [0, 0.05) is 23.5 Å². The zero-order chi connectivity index (χ0) is 18.1. The van der Waals surface area contributed by atoms with Crippen LogP contribution in [0, 0.1) is 5.92 Å². The van der Waals surface area contributed by atoms with Gasteiger partial charge in [0.2, 0.25) is 11.8 Å². The number of nitrogens with zero attached hydrogens (tertiary/aromatic N) is 1. The molecule has 1 aliphatic carbocycles. The number of amides is 2. The van der Waals surface area contributed by atoms with Gasteiger partial charge in [0.15, 0.2) is 0 Å². The van der Waals surface area contributed by atoms with E-state index in [2.05, 4.69) is 27.3 Å². The zero-order valence-electron chi connectivity index (χ0n) is 14.5. The van der Waals surface area contributed by atoms with E-state index >= 15 is 0 Å². The molecule has 2 aliphatic rings. The van der Waals surface area contributed by atoms with Gasteiger partial charge in [-0.2, -0.15) is 0 Å². The van der Waals surface area contributed by atoms with Crippen LogP contribution in [-0.2, 0) is 22.6 Å². The molecule has 1 saturated carbocycles. The lowest BCUT2D eigenvalue weighted by molar-refractivity contribution is -0.142. The van der Waals surface area contributed by atoms with Gasteiger partial charge in [-0.25, -0.2) is 0 Å². The molecular weight excluding hydrogens is 392 g/mol. The van der Waals surface area contributed by atoms with E-state index in [0.717, 1.165) is 40.4 Å². The van der Waals surface area contributed by atoms with Crippen LogP contribution in [-0.4, -0.2) is 23.3 Å². The second-order valence-electron chi connectivity index (χ2n) is 7.00. The summed E-state index contributed by atoms with van der Waals surface area (Å²) in [5, 5.41) is 3.03. The number of fused-ring (bicyclic) bond motifs is 1. The molecule has 1 heterocycles. The molecule has 5 heteroatoms. The van der Waals surface area contributed by atoms with Crippen LogP contribution >= 0.6 is 15.9 Å². The molecule has 4 nitrogen and oxygen atoms in total. The predicted octanol–water partition coefficient (Wildman–Crippen LogP) is 3.60. The smallest absolute Gasteiger partial charge is 0.247 e. The number of halogens is 1. The Bertz CT molecular complexity index is 830. The minimum Gasteiger partial charge on any atom is -0.350 e. The van der Waals surface area contributed by atoms with E-state index in [4.69, 9.17) is 0 Å². The van der Waals surface area contributed by atoms with E-state index < -0.39 is 6.04 Å². The molecular formula is C21H21BrN2O2. The summed E-state index contributed by atoms with van der Waals surface area (Å²) in [4.78, 5) is 27.6. The third-order valence-corrected chi connectivity index (χ3v) is 5.65. The first kappa shape index (κ1) is 17.3. The standard InChI is InChI=1S/C21H21BrN2O2/c22-17-9-5-14(6-10-17)13-23-20(25)19-18-4-2-1-3-15(18)11-12-24(19)21(26)16-7-8-16/h1-6,9-10,16,19H,7-8,11-13H2,(H,23,25)/t19-/m1/s1. The van der Waals surface area contributed by atoms with Crippen LogP contribution < -0.4 is 5.32 Å². The molecule has 4 rings (SSSR count). The van der Waals surface area contributed by atoms with Crippen molar-refractivity contribution in [1.82, 2.24) is 10.2 Å². The third kappa shape index (κ3) is 3.54. The minimum absolute atomic E-state index is 0.103. The van der Waals surface area contributed by atoms with Gasteiger partial charge >= 0.3 is 0 Å². The van der Waals surface area contributed by atoms with Gasteiger partial charge in [0.1, 0.15) is 6.04 Å². The lowest BCUT2D eigenvalue weighted by Gasteiger charge is -2.36. The fourth-order valence-corrected chi connectivity index (χ4v) is 3.80. The van der Waals surface area contributed by atoms with Crippen molar-refractivity contribution in [2.75, 3.05) is 6.54 Å². The Morgan fingerprint density at radius 1 is 1.08 bits per heavy atom. The van der Waals surface area contributed by atoms with Gasteiger partial charge in [-0.05, 0) is 48.1 Å². The number of hydrogen-bond acceptors (Lipinski definition) is 2. The predicted molar refractivity (Wildman–Crippen MR) is 103 cm³/mol. The molecule has 2 aromatic carbocycles. The summed E-state index contributed by atoms with van der Waals surface area (Å²) in [5.74, 6) is 0.138. The lowest BCUT2D eigenvalue weighted by Crippen LogP contribution is -2.47. The molecule has 0 aromatic heterocycles. The molecule has 0 spiro atoms. The summed E-state index contributed by atoms with van der Waals surface area (Å²) < 4.78 is 1.01. The van der Waals surface area contributed by atoms with Crippen molar-refractivity contribution < 1.29 is 9.59 Å². The Balaban J connectivity index is 1.55. The van der Waals surface area contributed by atoms with Crippen LogP contribution in [0.25, 0.3) is 0 Å². The van der Waals surface area contributed by atoms with Gasteiger partial charge < -0.3 is 10.2 Å². The molecule has 2 amide bonds. The lowest BCUT2D eigenvalue weighted by atomic mass is 9.91. The molecule has 2 aromatic rings. The van der Waals surface area contributed by atoms with Gasteiger partial charge in [-0.3, -0.25) is 9.59 Å². The quantitative estimate of drug-likeness (QED) is 0.833. The summed E-state index contributed by atoms with van der Waals surface area (Å²) in [6, 6.07) is 15.3. The van der Waals surface area contributed by atoms with Crippen LogP contribution in [0.3, 0.4) is 0 Å². The van der Waals surface area contributed by atoms with Gasteiger partial charge in [-0.15, -0.1) is 0 Å². The maximum atomic E-state index is 13.0. The number of carbonyl (C=O) groups excluding carboxylic acids is 2. The van der Waals surface area contributed by atoms with Crippen molar-refractivity contribution >= 4 is 27.7 Å². The summed E-state index contributed by atoms with van der Waals surface area (Å²) in [6.45, 7) is 1.07. The highest BCUT2D eigenvalue weighted by Crippen LogP contribution is 2.37. The van der Waals surface area contributed by atoms with Crippen LogP contribution in [0.15, 0.2) is 53.0 Å². The fraction of sp³-hybridized carbons (Fsp3) is 0.333. The molecule has 1 atom stereocenters. The van der Waals surface area contributed by atoms with Crippen LogP contribution in [0.4, 0.5) is 0 Å². The molecule has 134 valence electrons. The van der Waals surface area contributed by atoms with Gasteiger partial charge in [-0.1, -0.05) is 52.3 Å². The second kappa shape index (κ2) is 7.23. The second-order valence-corrected chi connectivity index (χ2v) is 7.92. The third-order valence-electron chi connectivity index (χ3n) is 5.12. The molecule has 0 saturated heterocycles. The monoisotopic (exact) mass is 412 g/mol. The highest BCUT2D eigenvalue weighted by Gasteiger charge is 2.41. The summed E-state index contributed by atoms with van der Waals surface area (Å²) in [5.41, 5.74) is 3.16. The molecule has 0 bridgehead atoms. The average Bonchev–Trinajstić information content (AvgIpc) is 3.51. The topological polar surface area (TPSA) is 49.4 Å². The normalized spacial score (nSPS) is 19.0. The van der Waals surface area contributed by atoms with Crippen molar-refractivity contribution in [3.8, 4) is 0 Å². The van der Waals surface area contributed by atoms with E-state index in [-0.39, 0.29) is 17.7 Å². The number of benzene rings is 2. The maximum absolute atomic E-state index is 13.0. The first-order valence-electron chi connectivity index (χ1n) is 9.04. The van der Waals surface area contributed by atoms with E-state index in [9.17, 15) is 9.59 Å². The van der Waals surface area contributed by atoms with Gasteiger partial charge in [0.25, 0.3) is 0 Å². The molecule has 1 N–H and O–H groups in total. The first-order valence-corrected chi connectivity index (χ1v) is 9.83. The van der Waals surface area contributed by atoms with Crippen molar-refractivity contribution in [1.29, 1.82) is 0 Å². The van der Waals surface area contributed by atoms with Crippen molar-refractivity contribution in [3.63, 3.8) is 0 Å². The number of carbonyl (C=O) groups is 2. The minimum atomic E-state index is -0.525. The zero-order valence-corrected chi connectivity index (χ0v) is 16.0. The Morgan fingerprint density at radius 3 is 2.54 bits per heavy atom. The molecule has 1 fully saturated rings. The Morgan fingerprint density at radius 2 is 1.81 bits per heavy atom. The van der Waals surface area contributed by atoms with Gasteiger partial charge in [0.05, 0.1) is 0 Å². The first-order chi connectivity index (χ1) is 12.6. The van der Waals surface area contributed by atoms with Crippen molar-refractivity contribution in [2.24, 2.45) is 5.92 Å². The van der Waals surface area contributed by atoms with Crippen molar-refractivity contribution in [3.05, 3.63) is 69.7 Å². The SMILES string of the molecule is O=C(NCc1ccc(Br)cc1)[C@H]1c2ccccc2CCN1C(=O)C1CC1. The van der Waals surface area contributed by atoms with Crippen LogP contribution in [0.5, 0.6) is 0 Å². The highest BCUT2D eigenvalue weighted by molar-refractivity contribution is 9.10. The molecule has 1 aliphatic heterocycles. The highest BCUT2D eigenvalue weighted by atomic mass is 79.9. The molecule has 26 heavy (non-hydrogen) atoms. The van der Waals surface area contributed by atoms with E-state index in [0.29, 0.717) is 13.1 Å². The number of hydrogen-bond donors (Lipinski definition) is 1. The van der Waals surface area contributed by atoms with Crippen molar-refractivity contribution in [2.45, 2.75) is 31.8 Å². The number of nitrogens with one attached hydrogen (secondary N) is 1. The Hall–Kier alpha value is -2.14. The largest absolute Gasteiger partial charge is 0.350 e. The van der Waals surface area contributed by atoms with Crippen LogP contribution in [0.1, 0.15) is 35.6 Å². The Labute approximate surface area is 161 Å². The van der Waals surface area contributed by atoms with E-state index in [1.165, 1.54) is 0 Å². The Kier molecular flexibility index (Phi) is 4.81. The van der Waals surface area contributed by atoms with E-state index in [1.807, 2.05) is 42.5 Å². The average molecular weight is 413 g/mol. The summed E-state index contributed by atoms with van der Waals surface area (Å²) in [7, 11) is 0. The molecule has 0 unspecified atom stereocenters.